The van der Waals surface area contributed by atoms with Crippen molar-refractivity contribution in [3.05, 3.63) is 23.8 Å². The van der Waals surface area contributed by atoms with Crippen molar-refractivity contribution in [1.82, 2.24) is 0 Å². The molecule has 0 aromatic rings. The highest BCUT2D eigenvalue weighted by Crippen LogP contribution is 1.91. The molecule has 0 N–H and O–H groups in total. The van der Waals surface area contributed by atoms with Gasteiger partial charge in [0.25, 0.3) is 0 Å². The third-order valence-electron chi connectivity index (χ3n) is 1.05. The van der Waals surface area contributed by atoms with Gasteiger partial charge in [-0.25, -0.2) is 0 Å². The normalized spacial score (nSPS) is 13.7. The van der Waals surface area contributed by atoms with Crippen LogP contribution in [0.4, 0.5) is 0 Å². The molecule has 0 aliphatic heterocycles. The zero-order valence-electron chi connectivity index (χ0n) is 6.96. The highest BCUT2D eigenvalue weighted by atomic mass is 14.7. The second kappa shape index (κ2) is 6.27. The number of allylic oxidation sites excluding steroid dienone is 4. The lowest BCUT2D eigenvalue weighted by Crippen LogP contribution is -1.72. The van der Waals surface area contributed by atoms with E-state index in [0.29, 0.717) is 0 Å². The van der Waals surface area contributed by atoms with Crippen LogP contribution in [0.2, 0.25) is 0 Å². The van der Waals surface area contributed by atoms with Gasteiger partial charge in [-0.05, 0) is 32.4 Å². The van der Waals surface area contributed by atoms with Crippen molar-refractivity contribution in [2.45, 2.75) is 20.8 Å². The van der Waals surface area contributed by atoms with E-state index in [1.807, 2.05) is 32.2 Å². The average Bonchev–Trinajstić information content (AvgIpc) is 1.89. The van der Waals surface area contributed by atoms with Gasteiger partial charge in [0.2, 0.25) is 0 Å². The Morgan fingerprint density at radius 2 is 2.20 bits per heavy atom. The SMILES string of the molecule is C/C=C\C(C)=C/C=NCC. The third-order valence-corrected chi connectivity index (χ3v) is 1.05. The van der Waals surface area contributed by atoms with Crippen LogP contribution in [0.1, 0.15) is 20.8 Å². The lowest BCUT2D eigenvalue weighted by Gasteiger charge is -1.84. The molecule has 0 amide bonds. The predicted molar refractivity (Wildman–Crippen MR) is 47.6 cm³/mol. The van der Waals surface area contributed by atoms with Gasteiger partial charge in [-0.15, -0.1) is 0 Å². The fourth-order valence-electron chi connectivity index (χ4n) is 0.594. The second-order valence-electron chi connectivity index (χ2n) is 2.06. The van der Waals surface area contributed by atoms with Gasteiger partial charge in [0.1, 0.15) is 0 Å². The molecule has 0 bridgehead atoms. The molecule has 10 heavy (non-hydrogen) atoms. The van der Waals surface area contributed by atoms with Crippen LogP contribution in [0.5, 0.6) is 0 Å². The number of aliphatic imine (C=N–C) groups is 1. The molecular formula is C9H15N. The molecule has 1 nitrogen and oxygen atoms in total. The van der Waals surface area contributed by atoms with E-state index in [0.717, 1.165) is 6.54 Å². The Morgan fingerprint density at radius 3 is 2.70 bits per heavy atom. The summed E-state index contributed by atoms with van der Waals surface area (Å²) in [5, 5.41) is 0. The first-order valence-electron chi connectivity index (χ1n) is 3.60. The van der Waals surface area contributed by atoms with Gasteiger partial charge in [-0.3, -0.25) is 4.99 Å². The van der Waals surface area contributed by atoms with Crippen LogP contribution < -0.4 is 0 Å². The van der Waals surface area contributed by atoms with E-state index in [1.165, 1.54) is 5.57 Å². The van der Waals surface area contributed by atoms with Gasteiger partial charge in [0.05, 0.1) is 0 Å². The number of hydrogen-bond donors (Lipinski definition) is 0. The van der Waals surface area contributed by atoms with E-state index < -0.39 is 0 Å². The molecule has 0 aliphatic carbocycles. The highest BCUT2D eigenvalue weighted by molar-refractivity contribution is 5.72. The summed E-state index contributed by atoms with van der Waals surface area (Å²) in [5.41, 5.74) is 1.24. The molecule has 0 aromatic heterocycles. The largest absolute Gasteiger partial charge is 0.293 e. The molecule has 0 unspecified atom stereocenters. The molecular weight excluding hydrogens is 122 g/mol. The molecule has 0 aromatic carbocycles. The summed E-state index contributed by atoms with van der Waals surface area (Å²) in [4.78, 5) is 4.06. The first kappa shape index (κ1) is 9.15. The van der Waals surface area contributed by atoms with Crippen LogP contribution in [0.25, 0.3) is 0 Å². The van der Waals surface area contributed by atoms with Gasteiger partial charge in [-0.2, -0.15) is 0 Å². The molecule has 0 heterocycles. The second-order valence-corrected chi connectivity index (χ2v) is 2.06. The lowest BCUT2D eigenvalue weighted by molar-refractivity contribution is 1.14. The summed E-state index contributed by atoms with van der Waals surface area (Å²) < 4.78 is 0. The third kappa shape index (κ3) is 5.29. The average molecular weight is 137 g/mol. The van der Waals surface area contributed by atoms with Crippen LogP contribution in [0.3, 0.4) is 0 Å². The summed E-state index contributed by atoms with van der Waals surface area (Å²) in [6.07, 6.45) is 7.92. The smallest absolute Gasteiger partial charge is 0.0360 e. The van der Waals surface area contributed by atoms with E-state index in [-0.39, 0.29) is 0 Å². The summed E-state index contributed by atoms with van der Waals surface area (Å²) >= 11 is 0. The van der Waals surface area contributed by atoms with Crippen LogP contribution in [0, 0.1) is 0 Å². The van der Waals surface area contributed by atoms with Gasteiger partial charge < -0.3 is 0 Å². The Hall–Kier alpha value is -0.850. The van der Waals surface area contributed by atoms with E-state index in [2.05, 4.69) is 18.0 Å². The first-order chi connectivity index (χ1) is 4.81. The minimum absolute atomic E-state index is 0.861. The zero-order chi connectivity index (χ0) is 7.82. The fourth-order valence-corrected chi connectivity index (χ4v) is 0.594. The number of rotatable bonds is 3. The quantitative estimate of drug-likeness (QED) is 0.419. The zero-order valence-corrected chi connectivity index (χ0v) is 6.96. The molecule has 0 saturated carbocycles. The van der Waals surface area contributed by atoms with Crippen molar-refractivity contribution >= 4 is 6.21 Å². The maximum absolute atomic E-state index is 4.06. The Labute approximate surface area is 63.2 Å². The molecule has 0 spiro atoms. The first-order valence-corrected chi connectivity index (χ1v) is 3.60. The maximum atomic E-state index is 4.06. The van der Waals surface area contributed by atoms with E-state index in [4.69, 9.17) is 0 Å². The van der Waals surface area contributed by atoms with Gasteiger partial charge >= 0.3 is 0 Å². The minimum atomic E-state index is 0.861. The summed E-state index contributed by atoms with van der Waals surface area (Å²) in [5.74, 6) is 0. The van der Waals surface area contributed by atoms with E-state index in [1.54, 1.807) is 0 Å². The van der Waals surface area contributed by atoms with Crippen molar-refractivity contribution in [2.75, 3.05) is 6.54 Å². The molecule has 0 aliphatic rings. The summed E-state index contributed by atoms with van der Waals surface area (Å²) in [6, 6.07) is 0. The lowest BCUT2D eigenvalue weighted by atomic mass is 10.3. The van der Waals surface area contributed by atoms with Gasteiger partial charge in [0, 0.05) is 12.8 Å². The molecule has 0 saturated heterocycles. The van der Waals surface area contributed by atoms with Crippen LogP contribution in [-0.4, -0.2) is 12.8 Å². The van der Waals surface area contributed by atoms with Crippen molar-refractivity contribution < 1.29 is 0 Å². The highest BCUT2D eigenvalue weighted by Gasteiger charge is 1.74. The Bertz CT molecular complexity index is 152. The Kier molecular flexibility index (Phi) is 5.74. The maximum Gasteiger partial charge on any atom is 0.0360 e. The molecule has 56 valence electrons. The standard InChI is InChI=1S/C9H15N/c1-4-6-9(3)7-8-10-5-2/h4,6-8H,5H2,1-3H3/b6-4-,9-7-,10-8?. The summed E-state index contributed by atoms with van der Waals surface area (Å²) in [6.45, 7) is 6.95. The van der Waals surface area contributed by atoms with Crippen molar-refractivity contribution in [2.24, 2.45) is 4.99 Å². The number of nitrogens with zero attached hydrogens (tertiary/aromatic N) is 1. The molecule has 0 radical (unpaired) electrons. The van der Waals surface area contributed by atoms with Gasteiger partial charge in [-0.1, -0.05) is 12.2 Å². The molecule has 0 fully saturated rings. The predicted octanol–water partition coefficient (Wildman–Crippen LogP) is 2.60. The molecule has 0 rings (SSSR count). The van der Waals surface area contributed by atoms with Crippen molar-refractivity contribution in [3.8, 4) is 0 Å². The van der Waals surface area contributed by atoms with Crippen LogP contribution in [-0.2, 0) is 0 Å². The van der Waals surface area contributed by atoms with Gasteiger partial charge in [0.15, 0.2) is 0 Å². The summed E-state index contributed by atoms with van der Waals surface area (Å²) in [7, 11) is 0. The molecule has 1 heteroatoms. The molecule has 0 atom stereocenters. The van der Waals surface area contributed by atoms with Crippen molar-refractivity contribution in [1.29, 1.82) is 0 Å². The van der Waals surface area contributed by atoms with E-state index >= 15 is 0 Å². The Morgan fingerprint density at radius 1 is 1.50 bits per heavy atom. The Balaban J connectivity index is 3.79. The van der Waals surface area contributed by atoms with E-state index in [9.17, 15) is 0 Å². The monoisotopic (exact) mass is 137 g/mol. The van der Waals surface area contributed by atoms with Crippen molar-refractivity contribution in [3.63, 3.8) is 0 Å². The number of hydrogen-bond acceptors (Lipinski definition) is 1. The topological polar surface area (TPSA) is 12.4 Å². The fraction of sp³-hybridized carbons (Fsp3) is 0.444. The minimum Gasteiger partial charge on any atom is -0.293 e. The van der Waals surface area contributed by atoms with Crippen LogP contribution in [0.15, 0.2) is 28.8 Å². The van der Waals surface area contributed by atoms with Crippen LogP contribution >= 0.6 is 0 Å².